The molecule has 2 bridgehead atoms. The van der Waals surface area contributed by atoms with E-state index in [0.717, 1.165) is 60.8 Å². The van der Waals surface area contributed by atoms with Gasteiger partial charge in [-0.2, -0.15) is 0 Å². The second-order valence-electron chi connectivity index (χ2n) is 8.19. The third-order valence-electron chi connectivity index (χ3n) is 6.58. The molecule has 1 aliphatic heterocycles. The number of rotatable bonds is 5. The molecule has 2 fully saturated rings. The van der Waals surface area contributed by atoms with E-state index in [1.807, 2.05) is 24.4 Å². The summed E-state index contributed by atoms with van der Waals surface area (Å²) in [4.78, 5) is 7.07. The number of likely N-dealkylation sites (tertiary alicyclic amines) is 1. The highest BCUT2D eigenvalue weighted by atomic mass is 16.5. The van der Waals surface area contributed by atoms with Crippen molar-refractivity contribution in [3.8, 4) is 11.5 Å². The van der Waals surface area contributed by atoms with E-state index in [0.29, 0.717) is 0 Å². The van der Waals surface area contributed by atoms with Gasteiger partial charge in [0, 0.05) is 49.3 Å². The van der Waals surface area contributed by atoms with E-state index in [1.54, 1.807) is 14.2 Å². The van der Waals surface area contributed by atoms with Gasteiger partial charge in [0.2, 0.25) is 0 Å². The Morgan fingerprint density at radius 1 is 1.14 bits per heavy atom. The molecule has 28 heavy (non-hydrogen) atoms. The molecule has 1 saturated carbocycles. The van der Waals surface area contributed by atoms with E-state index in [-0.39, 0.29) is 11.8 Å². The molecule has 1 aliphatic carbocycles. The number of fused-ring (bicyclic) bond motifs is 2. The Hall–Kier alpha value is -2.11. The smallest absolute Gasteiger partial charge is 0.127 e. The van der Waals surface area contributed by atoms with Gasteiger partial charge in [0.15, 0.2) is 0 Å². The summed E-state index contributed by atoms with van der Waals surface area (Å²) in [6.07, 6.45) is 5.08. The van der Waals surface area contributed by atoms with Crippen molar-refractivity contribution in [3.63, 3.8) is 0 Å². The molecule has 3 atom stereocenters. The highest BCUT2D eigenvalue weighted by Crippen LogP contribution is 2.49. The van der Waals surface area contributed by atoms with Gasteiger partial charge >= 0.3 is 0 Å². The molecule has 0 radical (unpaired) electrons. The number of piperidine rings is 1. The monoisotopic (exact) mass is 382 g/mol. The molecule has 4 rings (SSSR count). The zero-order valence-electron chi connectivity index (χ0n) is 17.0. The van der Waals surface area contributed by atoms with Gasteiger partial charge in [-0.1, -0.05) is 18.6 Å². The van der Waals surface area contributed by atoms with Gasteiger partial charge in [-0.15, -0.1) is 0 Å². The summed E-state index contributed by atoms with van der Waals surface area (Å²) >= 11 is 0. The van der Waals surface area contributed by atoms with E-state index in [1.165, 1.54) is 6.42 Å². The average Bonchev–Trinajstić information content (AvgIpc) is 2.69. The highest BCUT2D eigenvalue weighted by Gasteiger charge is 2.52. The SMILES string of the molecule is COc1ccc(CN2C[C@H]3CCC[C@@H](C2)C3(O)c2ncccc2C)c(OC)c1. The molecule has 1 saturated heterocycles. The van der Waals surface area contributed by atoms with Gasteiger partial charge in [0.05, 0.1) is 19.9 Å². The third-order valence-corrected chi connectivity index (χ3v) is 6.58. The molecule has 2 aliphatic rings. The lowest BCUT2D eigenvalue weighted by molar-refractivity contribution is -0.151. The second-order valence-corrected chi connectivity index (χ2v) is 8.19. The van der Waals surface area contributed by atoms with Gasteiger partial charge in [0.25, 0.3) is 0 Å². The first kappa shape index (κ1) is 19.2. The summed E-state index contributed by atoms with van der Waals surface area (Å²) in [5.41, 5.74) is 2.31. The fraction of sp³-hybridized carbons (Fsp3) is 0.522. The number of hydrogen-bond donors (Lipinski definition) is 1. The van der Waals surface area contributed by atoms with Crippen molar-refractivity contribution in [1.29, 1.82) is 0 Å². The van der Waals surface area contributed by atoms with Crippen molar-refractivity contribution in [2.75, 3.05) is 27.3 Å². The Labute approximate surface area is 167 Å². The number of aryl methyl sites for hydroxylation is 1. The predicted molar refractivity (Wildman–Crippen MR) is 109 cm³/mol. The lowest BCUT2D eigenvalue weighted by atomic mass is 9.63. The summed E-state index contributed by atoms with van der Waals surface area (Å²) in [5.74, 6) is 2.07. The fourth-order valence-electron chi connectivity index (χ4n) is 5.19. The minimum atomic E-state index is -0.815. The highest BCUT2D eigenvalue weighted by molar-refractivity contribution is 5.40. The standard InChI is InChI=1S/C23H30N2O3/c1-16-6-5-11-24-22(16)23(26)18-7-4-8-19(23)15-25(14-18)13-17-9-10-20(27-2)12-21(17)28-3/h5-6,9-12,18-19,26H,4,7-8,13-15H2,1-3H3/t18-,19+,23?. The van der Waals surface area contributed by atoms with Gasteiger partial charge in [-0.3, -0.25) is 9.88 Å². The molecular weight excluding hydrogens is 352 g/mol. The molecule has 5 heteroatoms. The minimum Gasteiger partial charge on any atom is -0.497 e. The molecule has 2 heterocycles. The van der Waals surface area contributed by atoms with Crippen LogP contribution in [0.2, 0.25) is 0 Å². The normalized spacial score (nSPS) is 27.4. The number of hydrogen-bond acceptors (Lipinski definition) is 5. The second kappa shape index (κ2) is 7.72. The number of nitrogens with zero attached hydrogens (tertiary/aromatic N) is 2. The lowest BCUT2D eigenvalue weighted by Gasteiger charge is -2.53. The van der Waals surface area contributed by atoms with Crippen LogP contribution < -0.4 is 9.47 Å². The van der Waals surface area contributed by atoms with Crippen molar-refractivity contribution >= 4 is 0 Å². The van der Waals surface area contributed by atoms with Crippen LogP contribution in [-0.4, -0.2) is 42.3 Å². The summed E-state index contributed by atoms with van der Waals surface area (Å²) in [6, 6.07) is 10.0. The quantitative estimate of drug-likeness (QED) is 0.857. The number of pyridine rings is 1. The van der Waals surface area contributed by atoms with Gasteiger partial charge in [-0.05, 0) is 37.5 Å². The van der Waals surface area contributed by atoms with Gasteiger partial charge in [-0.25, -0.2) is 0 Å². The van der Waals surface area contributed by atoms with Crippen molar-refractivity contribution in [2.24, 2.45) is 11.8 Å². The molecule has 0 spiro atoms. The first-order chi connectivity index (χ1) is 13.6. The van der Waals surface area contributed by atoms with E-state index in [2.05, 4.69) is 28.9 Å². The summed E-state index contributed by atoms with van der Waals surface area (Å²) in [7, 11) is 3.37. The lowest BCUT2D eigenvalue weighted by Crippen LogP contribution is -2.58. The Morgan fingerprint density at radius 2 is 1.89 bits per heavy atom. The Morgan fingerprint density at radius 3 is 2.54 bits per heavy atom. The van der Waals surface area contributed by atoms with Crippen LogP contribution >= 0.6 is 0 Å². The number of methoxy groups -OCH3 is 2. The maximum atomic E-state index is 11.8. The molecule has 5 nitrogen and oxygen atoms in total. The molecule has 2 aromatic rings. The van der Waals surface area contributed by atoms with Crippen LogP contribution in [0.5, 0.6) is 11.5 Å². The maximum Gasteiger partial charge on any atom is 0.127 e. The minimum absolute atomic E-state index is 0.206. The largest absolute Gasteiger partial charge is 0.497 e. The zero-order valence-corrected chi connectivity index (χ0v) is 17.0. The Kier molecular flexibility index (Phi) is 5.30. The van der Waals surface area contributed by atoms with Crippen molar-refractivity contribution < 1.29 is 14.6 Å². The van der Waals surface area contributed by atoms with E-state index in [9.17, 15) is 5.11 Å². The molecule has 1 N–H and O–H groups in total. The fourth-order valence-corrected chi connectivity index (χ4v) is 5.19. The molecule has 0 amide bonds. The first-order valence-corrected chi connectivity index (χ1v) is 10.1. The van der Waals surface area contributed by atoms with E-state index in [4.69, 9.17) is 9.47 Å². The van der Waals surface area contributed by atoms with Gasteiger partial charge in [0.1, 0.15) is 17.1 Å². The molecule has 1 aromatic carbocycles. The number of aliphatic hydroxyl groups is 1. The summed E-state index contributed by atoms with van der Waals surface area (Å²) in [5, 5.41) is 11.8. The molecule has 1 unspecified atom stereocenters. The van der Waals surface area contributed by atoms with Crippen LogP contribution in [0.1, 0.15) is 36.1 Å². The first-order valence-electron chi connectivity index (χ1n) is 10.1. The molecular formula is C23H30N2O3. The Balaban J connectivity index is 1.58. The van der Waals surface area contributed by atoms with Crippen molar-refractivity contribution in [1.82, 2.24) is 9.88 Å². The van der Waals surface area contributed by atoms with E-state index < -0.39 is 5.60 Å². The van der Waals surface area contributed by atoms with Crippen LogP contribution in [0.3, 0.4) is 0 Å². The Bertz CT molecular complexity index is 824. The number of ether oxygens (including phenoxy) is 2. The topological polar surface area (TPSA) is 54.8 Å². The van der Waals surface area contributed by atoms with Crippen LogP contribution in [-0.2, 0) is 12.1 Å². The summed E-state index contributed by atoms with van der Waals surface area (Å²) in [6.45, 7) is 4.62. The van der Waals surface area contributed by atoms with Crippen molar-refractivity contribution in [2.45, 2.75) is 38.3 Å². The molecule has 1 aromatic heterocycles. The van der Waals surface area contributed by atoms with E-state index >= 15 is 0 Å². The number of benzene rings is 1. The average molecular weight is 383 g/mol. The van der Waals surface area contributed by atoms with Gasteiger partial charge < -0.3 is 14.6 Å². The number of aromatic nitrogens is 1. The molecule has 150 valence electrons. The van der Waals surface area contributed by atoms with Crippen molar-refractivity contribution in [3.05, 3.63) is 53.3 Å². The maximum absolute atomic E-state index is 11.8. The summed E-state index contributed by atoms with van der Waals surface area (Å²) < 4.78 is 10.9. The van der Waals surface area contributed by atoms with Crippen LogP contribution in [0.4, 0.5) is 0 Å². The van der Waals surface area contributed by atoms with Crippen LogP contribution in [0.25, 0.3) is 0 Å². The predicted octanol–water partition coefficient (Wildman–Crippen LogP) is 3.53. The zero-order chi connectivity index (χ0) is 19.7. The van der Waals surface area contributed by atoms with Crippen LogP contribution in [0, 0.1) is 18.8 Å². The van der Waals surface area contributed by atoms with Crippen LogP contribution in [0.15, 0.2) is 36.5 Å². The third kappa shape index (κ3) is 3.27.